The molecule has 2 nitrogen and oxygen atoms in total. The monoisotopic (exact) mass is 270 g/mol. The summed E-state index contributed by atoms with van der Waals surface area (Å²) < 4.78 is 0. The zero-order chi connectivity index (χ0) is 13.2. The molecule has 3 N–H and O–H groups in total. The Kier molecular flexibility index (Phi) is 3.28. The number of rotatable bonds is 3. The molecule has 0 fully saturated rings. The topological polar surface area (TPSA) is 41.8 Å². The summed E-state index contributed by atoms with van der Waals surface area (Å²) in [4.78, 5) is 3.30. The molecule has 0 saturated heterocycles. The fraction of sp³-hybridized carbons (Fsp3) is 0.125. The quantitative estimate of drug-likeness (QED) is 0.744. The van der Waals surface area contributed by atoms with Crippen molar-refractivity contribution < 1.29 is 0 Å². The fourth-order valence-corrected chi connectivity index (χ4v) is 2.65. The van der Waals surface area contributed by atoms with Crippen LogP contribution in [-0.4, -0.2) is 11.5 Å². The van der Waals surface area contributed by atoms with E-state index in [4.69, 9.17) is 17.3 Å². The summed E-state index contributed by atoms with van der Waals surface area (Å²) in [7, 11) is 0. The second-order valence-corrected chi connectivity index (χ2v) is 5.07. The van der Waals surface area contributed by atoms with Crippen molar-refractivity contribution in [2.75, 3.05) is 6.54 Å². The molecule has 0 spiro atoms. The number of fused-ring (bicyclic) bond motifs is 1. The van der Waals surface area contributed by atoms with Gasteiger partial charge in [-0.3, -0.25) is 0 Å². The van der Waals surface area contributed by atoms with Crippen LogP contribution in [0.1, 0.15) is 17.0 Å². The zero-order valence-electron chi connectivity index (χ0n) is 10.4. The Balaban J connectivity index is 2.09. The molecule has 0 aliphatic carbocycles. The number of nitrogens with one attached hydrogen (secondary N) is 1. The summed E-state index contributed by atoms with van der Waals surface area (Å²) in [6.07, 6.45) is 2.05. The zero-order valence-corrected chi connectivity index (χ0v) is 11.2. The maximum Gasteiger partial charge on any atom is 0.0457 e. The van der Waals surface area contributed by atoms with Crippen molar-refractivity contribution in [3.8, 4) is 0 Å². The first kappa shape index (κ1) is 12.3. The standard InChI is InChI=1S/C16H15ClN2/c17-12-7-5-11(6-8-12)14(9-18)15-10-19-16-4-2-1-3-13(15)16/h1-8,10,14,19H,9,18H2/t14-/m1/s1. The molecule has 1 atom stereocenters. The van der Waals surface area contributed by atoms with Gasteiger partial charge in [0.05, 0.1) is 0 Å². The molecule has 0 unspecified atom stereocenters. The normalized spacial score (nSPS) is 12.7. The Labute approximate surface area is 117 Å². The van der Waals surface area contributed by atoms with Crippen LogP contribution >= 0.6 is 11.6 Å². The number of benzene rings is 2. The van der Waals surface area contributed by atoms with Crippen LogP contribution in [0.15, 0.2) is 54.7 Å². The van der Waals surface area contributed by atoms with Crippen molar-refractivity contribution in [2.24, 2.45) is 5.73 Å². The lowest BCUT2D eigenvalue weighted by Gasteiger charge is -2.15. The lowest BCUT2D eigenvalue weighted by molar-refractivity contribution is 0.825. The molecule has 3 rings (SSSR count). The van der Waals surface area contributed by atoms with Crippen LogP contribution in [0.5, 0.6) is 0 Å². The Morgan fingerprint density at radius 2 is 1.79 bits per heavy atom. The number of nitrogens with two attached hydrogens (primary N) is 1. The highest BCUT2D eigenvalue weighted by molar-refractivity contribution is 6.30. The van der Waals surface area contributed by atoms with E-state index >= 15 is 0 Å². The van der Waals surface area contributed by atoms with Gasteiger partial charge >= 0.3 is 0 Å². The number of aromatic amines is 1. The van der Waals surface area contributed by atoms with Gasteiger partial charge in [-0.2, -0.15) is 0 Å². The first-order valence-electron chi connectivity index (χ1n) is 6.31. The largest absolute Gasteiger partial charge is 0.361 e. The van der Waals surface area contributed by atoms with Crippen molar-refractivity contribution in [1.29, 1.82) is 0 Å². The van der Waals surface area contributed by atoms with Crippen LogP contribution in [0, 0.1) is 0 Å². The van der Waals surface area contributed by atoms with E-state index in [1.807, 2.05) is 30.3 Å². The van der Waals surface area contributed by atoms with Gasteiger partial charge in [-0.15, -0.1) is 0 Å². The van der Waals surface area contributed by atoms with Gasteiger partial charge in [0.25, 0.3) is 0 Å². The first-order chi connectivity index (χ1) is 9.29. The van der Waals surface area contributed by atoms with Gasteiger partial charge in [0.15, 0.2) is 0 Å². The van der Waals surface area contributed by atoms with Crippen LogP contribution in [0.2, 0.25) is 5.02 Å². The highest BCUT2D eigenvalue weighted by Crippen LogP contribution is 2.30. The van der Waals surface area contributed by atoms with Crippen LogP contribution < -0.4 is 5.73 Å². The maximum absolute atomic E-state index is 5.98. The van der Waals surface area contributed by atoms with Crippen LogP contribution in [0.25, 0.3) is 10.9 Å². The van der Waals surface area contributed by atoms with Gasteiger partial charge in [0.1, 0.15) is 0 Å². The summed E-state index contributed by atoms with van der Waals surface area (Å²) in [5, 5.41) is 1.98. The molecule has 3 heteroatoms. The van der Waals surface area contributed by atoms with Crippen molar-refractivity contribution in [1.82, 2.24) is 4.98 Å². The number of hydrogen-bond acceptors (Lipinski definition) is 1. The molecule has 0 amide bonds. The smallest absolute Gasteiger partial charge is 0.0457 e. The van der Waals surface area contributed by atoms with E-state index in [1.165, 1.54) is 16.5 Å². The highest BCUT2D eigenvalue weighted by Gasteiger charge is 2.16. The number of H-pyrrole nitrogens is 1. The van der Waals surface area contributed by atoms with E-state index in [2.05, 4.69) is 29.4 Å². The lowest BCUT2D eigenvalue weighted by atomic mass is 9.91. The van der Waals surface area contributed by atoms with Gasteiger partial charge < -0.3 is 10.7 Å². The van der Waals surface area contributed by atoms with E-state index in [1.54, 1.807) is 0 Å². The molecule has 1 heterocycles. The summed E-state index contributed by atoms with van der Waals surface area (Å²) >= 11 is 5.94. The van der Waals surface area contributed by atoms with E-state index in [0.717, 1.165) is 10.5 Å². The van der Waals surface area contributed by atoms with Crippen molar-refractivity contribution in [3.05, 3.63) is 70.9 Å². The molecule has 0 aliphatic rings. The van der Waals surface area contributed by atoms with Crippen LogP contribution in [0.3, 0.4) is 0 Å². The van der Waals surface area contributed by atoms with E-state index in [0.29, 0.717) is 6.54 Å². The Morgan fingerprint density at radius 3 is 2.53 bits per heavy atom. The fourth-order valence-electron chi connectivity index (χ4n) is 2.52. The predicted molar refractivity (Wildman–Crippen MR) is 80.6 cm³/mol. The Bertz CT molecular complexity index is 685. The van der Waals surface area contributed by atoms with Crippen molar-refractivity contribution >= 4 is 22.5 Å². The maximum atomic E-state index is 5.98. The van der Waals surface area contributed by atoms with Gasteiger partial charge in [0.2, 0.25) is 0 Å². The average Bonchev–Trinajstić information content (AvgIpc) is 2.86. The van der Waals surface area contributed by atoms with Crippen molar-refractivity contribution in [2.45, 2.75) is 5.92 Å². The molecular weight excluding hydrogens is 256 g/mol. The summed E-state index contributed by atoms with van der Waals surface area (Å²) in [5.41, 5.74) is 9.55. The van der Waals surface area contributed by atoms with E-state index in [9.17, 15) is 0 Å². The Morgan fingerprint density at radius 1 is 1.05 bits per heavy atom. The average molecular weight is 271 g/mol. The minimum atomic E-state index is 0.188. The highest BCUT2D eigenvalue weighted by atomic mass is 35.5. The summed E-state index contributed by atoms with van der Waals surface area (Å²) in [6, 6.07) is 16.2. The molecule has 0 bridgehead atoms. The van der Waals surface area contributed by atoms with Crippen LogP contribution in [0.4, 0.5) is 0 Å². The molecule has 0 radical (unpaired) electrons. The predicted octanol–water partition coefficient (Wildman–Crippen LogP) is 3.91. The molecule has 1 aromatic heterocycles. The SMILES string of the molecule is NC[C@H](c1ccc(Cl)cc1)c1c[nH]c2ccccc12. The minimum Gasteiger partial charge on any atom is -0.361 e. The van der Waals surface area contributed by atoms with Gasteiger partial charge in [-0.25, -0.2) is 0 Å². The third kappa shape index (κ3) is 2.25. The van der Waals surface area contributed by atoms with Crippen molar-refractivity contribution in [3.63, 3.8) is 0 Å². The number of aromatic nitrogens is 1. The minimum absolute atomic E-state index is 0.188. The lowest BCUT2D eigenvalue weighted by Crippen LogP contribution is -2.13. The van der Waals surface area contributed by atoms with Gasteiger partial charge in [-0.05, 0) is 29.3 Å². The second kappa shape index (κ2) is 5.08. The molecule has 0 saturated carbocycles. The van der Waals surface area contributed by atoms with E-state index < -0.39 is 0 Å². The third-order valence-corrected chi connectivity index (χ3v) is 3.76. The molecule has 0 aliphatic heterocycles. The van der Waals surface area contributed by atoms with Gasteiger partial charge in [-0.1, -0.05) is 41.9 Å². The number of halogens is 1. The summed E-state index contributed by atoms with van der Waals surface area (Å²) in [6.45, 7) is 0.573. The summed E-state index contributed by atoms with van der Waals surface area (Å²) in [5.74, 6) is 0.188. The number of para-hydroxylation sites is 1. The van der Waals surface area contributed by atoms with E-state index in [-0.39, 0.29) is 5.92 Å². The molecule has 3 aromatic rings. The Hall–Kier alpha value is -1.77. The third-order valence-electron chi connectivity index (χ3n) is 3.50. The second-order valence-electron chi connectivity index (χ2n) is 4.63. The van der Waals surface area contributed by atoms with Crippen LogP contribution in [-0.2, 0) is 0 Å². The molecule has 19 heavy (non-hydrogen) atoms. The molecule has 96 valence electrons. The van der Waals surface area contributed by atoms with Gasteiger partial charge in [0, 0.05) is 34.6 Å². The molecule has 2 aromatic carbocycles. The number of hydrogen-bond donors (Lipinski definition) is 2. The first-order valence-corrected chi connectivity index (χ1v) is 6.69. The molecular formula is C16H15ClN2.